The lowest BCUT2D eigenvalue weighted by Crippen LogP contribution is -2.22. The van der Waals surface area contributed by atoms with Gasteiger partial charge in [-0.25, -0.2) is 0 Å². The van der Waals surface area contributed by atoms with Crippen molar-refractivity contribution in [3.8, 4) is 0 Å². The Hall–Kier alpha value is -2.45. The summed E-state index contributed by atoms with van der Waals surface area (Å²) in [6.07, 6.45) is 2.92. The monoisotopic (exact) mass is 290 g/mol. The highest BCUT2D eigenvalue weighted by atomic mass is 16.5. The van der Waals surface area contributed by atoms with Gasteiger partial charge in [-0.2, -0.15) is 19.9 Å². The minimum absolute atomic E-state index is 0.225. The normalized spacial score (nSPS) is 14.6. The average Bonchev–Trinajstić information content (AvgIpc) is 3.10. The van der Waals surface area contributed by atoms with E-state index in [1.165, 1.54) is 0 Å². The zero-order chi connectivity index (χ0) is 14.7. The zero-order valence-electron chi connectivity index (χ0n) is 11.9. The molecule has 21 heavy (non-hydrogen) atoms. The summed E-state index contributed by atoms with van der Waals surface area (Å²) in [5.74, 6) is 2.55. The number of nitrogen functional groups attached to an aromatic ring is 1. The van der Waals surface area contributed by atoms with Gasteiger partial charge in [0.2, 0.25) is 23.7 Å². The molecule has 0 amide bonds. The first kappa shape index (κ1) is 13.5. The van der Waals surface area contributed by atoms with Crippen molar-refractivity contribution in [2.24, 2.45) is 0 Å². The van der Waals surface area contributed by atoms with Crippen molar-refractivity contribution in [1.29, 1.82) is 0 Å². The third-order valence-corrected chi connectivity index (χ3v) is 3.22. The highest BCUT2D eigenvalue weighted by Gasteiger charge is 2.16. The van der Waals surface area contributed by atoms with Gasteiger partial charge in [0.15, 0.2) is 5.82 Å². The molecule has 0 aromatic carbocycles. The number of aromatic nitrogens is 5. The molecule has 3 heterocycles. The van der Waals surface area contributed by atoms with Crippen LogP contribution < -0.4 is 16.0 Å². The van der Waals surface area contributed by atoms with Crippen molar-refractivity contribution in [2.45, 2.75) is 26.2 Å². The van der Waals surface area contributed by atoms with Crippen LogP contribution in [-0.2, 0) is 6.42 Å². The van der Waals surface area contributed by atoms with E-state index >= 15 is 0 Å². The smallest absolute Gasteiger partial charge is 0.231 e. The fourth-order valence-electron chi connectivity index (χ4n) is 2.24. The molecule has 1 saturated heterocycles. The molecule has 2 aromatic heterocycles. The van der Waals surface area contributed by atoms with Crippen molar-refractivity contribution >= 4 is 17.8 Å². The average molecular weight is 290 g/mol. The lowest BCUT2D eigenvalue weighted by molar-refractivity contribution is 0.377. The van der Waals surface area contributed by atoms with Gasteiger partial charge in [-0.05, 0) is 19.8 Å². The number of hydrogen-bond donors (Lipinski definition) is 2. The second-order valence-electron chi connectivity index (χ2n) is 4.92. The summed E-state index contributed by atoms with van der Waals surface area (Å²) in [5.41, 5.74) is 5.74. The summed E-state index contributed by atoms with van der Waals surface area (Å²) < 4.78 is 5.04. The van der Waals surface area contributed by atoms with Crippen LogP contribution in [0.1, 0.15) is 24.6 Å². The third-order valence-electron chi connectivity index (χ3n) is 3.22. The van der Waals surface area contributed by atoms with Crippen molar-refractivity contribution in [3.05, 3.63) is 11.7 Å². The molecule has 112 valence electrons. The molecule has 3 N–H and O–H groups in total. The van der Waals surface area contributed by atoms with Gasteiger partial charge < -0.3 is 20.5 Å². The Bertz CT molecular complexity index is 607. The molecule has 1 aliphatic rings. The summed E-state index contributed by atoms with van der Waals surface area (Å²) in [5, 5.41) is 6.85. The van der Waals surface area contributed by atoms with Gasteiger partial charge in [0, 0.05) is 26.1 Å². The Labute approximate surface area is 122 Å². The number of aryl methyl sites for hydroxylation is 1. The van der Waals surface area contributed by atoms with Crippen molar-refractivity contribution in [1.82, 2.24) is 25.1 Å². The predicted octanol–water partition coefficient (Wildman–Crippen LogP) is 0.400. The SMILES string of the molecule is Cc1noc(CCNc2nc(N)nc(N3CCCC3)n2)n1. The summed E-state index contributed by atoms with van der Waals surface area (Å²) in [6.45, 7) is 4.30. The van der Waals surface area contributed by atoms with E-state index in [0.717, 1.165) is 25.9 Å². The first-order valence-electron chi connectivity index (χ1n) is 7.00. The van der Waals surface area contributed by atoms with Crippen LogP contribution >= 0.6 is 0 Å². The van der Waals surface area contributed by atoms with Crippen molar-refractivity contribution in [2.75, 3.05) is 35.6 Å². The van der Waals surface area contributed by atoms with E-state index in [9.17, 15) is 0 Å². The number of rotatable bonds is 5. The molecule has 9 nitrogen and oxygen atoms in total. The number of nitrogens with two attached hydrogens (primary N) is 1. The van der Waals surface area contributed by atoms with Crippen LogP contribution in [0.3, 0.4) is 0 Å². The molecular weight excluding hydrogens is 272 g/mol. The summed E-state index contributed by atoms with van der Waals surface area (Å²) in [4.78, 5) is 18.9. The van der Waals surface area contributed by atoms with E-state index in [2.05, 4.69) is 35.3 Å². The molecule has 0 bridgehead atoms. The Kier molecular flexibility index (Phi) is 3.80. The van der Waals surface area contributed by atoms with Crippen LogP contribution in [0.5, 0.6) is 0 Å². The molecule has 0 unspecified atom stereocenters. The quantitative estimate of drug-likeness (QED) is 0.806. The fraction of sp³-hybridized carbons (Fsp3) is 0.583. The zero-order valence-corrected chi connectivity index (χ0v) is 11.9. The number of nitrogens with zero attached hydrogens (tertiary/aromatic N) is 6. The summed E-state index contributed by atoms with van der Waals surface area (Å²) in [6, 6.07) is 0. The van der Waals surface area contributed by atoms with E-state index < -0.39 is 0 Å². The van der Waals surface area contributed by atoms with E-state index in [4.69, 9.17) is 10.3 Å². The Morgan fingerprint density at radius 3 is 2.71 bits per heavy atom. The maximum absolute atomic E-state index is 5.74. The van der Waals surface area contributed by atoms with Crippen LogP contribution in [0, 0.1) is 6.92 Å². The lowest BCUT2D eigenvalue weighted by atomic mass is 10.4. The standard InChI is InChI=1S/C12H18N8O/c1-8-15-9(21-19-8)4-5-14-11-16-10(13)17-12(18-11)20-6-2-3-7-20/h2-7H2,1H3,(H3,13,14,16,17,18). The number of hydrogen-bond acceptors (Lipinski definition) is 9. The van der Waals surface area contributed by atoms with E-state index in [0.29, 0.717) is 36.6 Å². The van der Waals surface area contributed by atoms with E-state index in [1.54, 1.807) is 6.92 Å². The highest BCUT2D eigenvalue weighted by Crippen LogP contribution is 2.17. The Morgan fingerprint density at radius 1 is 1.19 bits per heavy atom. The molecule has 3 rings (SSSR count). The molecule has 0 radical (unpaired) electrons. The molecule has 0 atom stereocenters. The molecule has 9 heteroatoms. The molecule has 1 fully saturated rings. The third kappa shape index (κ3) is 3.36. The van der Waals surface area contributed by atoms with Crippen molar-refractivity contribution in [3.63, 3.8) is 0 Å². The van der Waals surface area contributed by atoms with Gasteiger partial charge in [0.25, 0.3) is 0 Å². The molecule has 1 aliphatic heterocycles. The number of anilines is 3. The van der Waals surface area contributed by atoms with Gasteiger partial charge in [-0.15, -0.1) is 0 Å². The predicted molar refractivity (Wildman–Crippen MR) is 76.9 cm³/mol. The van der Waals surface area contributed by atoms with Gasteiger partial charge in [0.05, 0.1) is 0 Å². The van der Waals surface area contributed by atoms with Crippen LogP contribution in [0.2, 0.25) is 0 Å². The fourth-order valence-corrected chi connectivity index (χ4v) is 2.24. The number of nitrogens with one attached hydrogen (secondary N) is 1. The van der Waals surface area contributed by atoms with Crippen molar-refractivity contribution < 1.29 is 4.52 Å². The van der Waals surface area contributed by atoms with E-state index in [-0.39, 0.29) is 5.95 Å². The molecular formula is C12H18N8O. The van der Waals surface area contributed by atoms with Gasteiger partial charge in [0.1, 0.15) is 0 Å². The maximum atomic E-state index is 5.74. The second-order valence-corrected chi connectivity index (χ2v) is 4.92. The molecule has 0 saturated carbocycles. The topological polar surface area (TPSA) is 119 Å². The second kappa shape index (κ2) is 5.90. The molecule has 0 spiro atoms. The van der Waals surface area contributed by atoms with Crippen LogP contribution in [0.25, 0.3) is 0 Å². The van der Waals surface area contributed by atoms with E-state index in [1.807, 2.05) is 0 Å². The Morgan fingerprint density at radius 2 is 2.00 bits per heavy atom. The minimum atomic E-state index is 0.225. The minimum Gasteiger partial charge on any atom is -0.368 e. The lowest BCUT2D eigenvalue weighted by Gasteiger charge is -2.15. The highest BCUT2D eigenvalue weighted by molar-refractivity contribution is 5.42. The molecule has 2 aromatic rings. The molecule has 0 aliphatic carbocycles. The van der Waals surface area contributed by atoms with Crippen LogP contribution in [0.4, 0.5) is 17.8 Å². The van der Waals surface area contributed by atoms with Gasteiger partial charge in [-0.1, -0.05) is 5.16 Å². The maximum Gasteiger partial charge on any atom is 0.231 e. The van der Waals surface area contributed by atoms with Gasteiger partial charge >= 0.3 is 0 Å². The first-order valence-corrected chi connectivity index (χ1v) is 7.00. The van der Waals surface area contributed by atoms with Crippen LogP contribution in [0.15, 0.2) is 4.52 Å². The largest absolute Gasteiger partial charge is 0.368 e. The first-order chi connectivity index (χ1) is 10.2. The Balaban J connectivity index is 1.61. The van der Waals surface area contributed by atoms with Gasteiger partial charge in [-0.3, -0.25) is 0 Å². The summed E-state index contributed by atoms with van der Waals surface area (Å²) >= 11 is 0. The summed E-state index contributed by atoms with van der Waals surface area (Å²) in [7, 11) is 0. The van der Waals surface area contributed by atoms with Crippen LogP contribution in [-0.4, -0.2) is 44.7 Å².